The molecule has 0 saturated heterocycles. The standard InChI is InChI=1S/C29H26Cl2FN3O2/c1-16(2)28-26-21(33-35(28)22-9-5-6-11-24(22)37-4)15-25(36)34(23-10-7-8-20(31)27(23)32)29(26)19-13-12-18(30)14-17(19)3/h5-14,16,29H,15H2,1-4H3/t29-/m1/s1. The molecule has 8 heteroatoms. The number of benzene rings is 3. The first-order valence-electron chi connectivity index (χ1n) is 12.0. The van der Waals surface area contributed by atoms with Crippen LogP contribution in [0.25, 0.3) is 5.69 Å². The van der Waals surface area contributed by atoms with Crippen molar-refractivity contribution in [2.24, 2.45) is 0 Å². The number of rotatable bonds is 5. The quantitative estimate of drug-likeness (QED) is 0.265. The van der Waals surface area contributed by atoms with Crippen LogP contribution >= 0.6 is 23.2 Å². The highest BCUT2D eigenvalue weighted by atomic mass is 35.5. The van der Waals surface area contributed by atoms with E-state index in [2.05, 4.69) is 13.8 Å². The summed E-state index contributed by atoms with van der Waals surface area (Å²) in [5.74, 6) is -0.225. The van der Waals surface area contributed by atoms with E-state index in [9.17, 15) is 4.79 Å². The van der Waals surface area contributed by atoms with Gasteiger partial charge in [0.05, 0.1) is 41.7 Å². The van der Waals surface area contributed by atoms with E-state index in [0.717, 1.165) is 28.1 Å². The number of hydrogen-bond acceptors (Lipinski definition) is 3. The van der Waals surface area contributed by atoms with E-state index in [1.54, 1.807) is 25.3 Å². The summed E-state index contributed by atoms with van der Waals surface area (Å²) in [6, 6.07) is 17.2. The van der Waals surface area contributed by atoms with Crippen LogP contribution in [0.15, 0.2) is 60.7 Å². The number of nitrogens with zero attached hydrogens (tertiary/aromatic N) is 3. The molecule has 1 aliphatic heterocycles. The Hall–Kier alpha value is -3.35. The fourth-order valence-corrected chi connectivity index (χ4v) is 5.55. The van der Waals surface area contributed by atoms with Gasteiger partial charge in [-0.15, -0.1) is 0 Å². The number of carbonyl (C=O) groups is 1. The number of amides is 1. The molecule has 0 unspecified atom stereocenters. The molecule has 190 valence electrons. The number of methoxy groups -OCH3 is 1. The van der Waals surface area contributed by atoms with Crippen molar-refractivity contribution in [1.29, 1.82) is 0 Å². The van der Waals surface area contributed by atoms with Crippen LogP contribution in [0.2, 0.25) is 10.0 Å². The van der Waals surface area contributed by atoms with Gasteiger partial charge in [0, 0.05) is 10.6 Å². The van der Waals surface area contributed by atoms with Crippen molar-refractivity contribution in [1.82, 2.24) is 9.78 Å². The van der Waals surface area contributed by atoms with E-state index < -0.39 is 11.9 Å². The van der Waals surface area contributed by atoms with Crippen LogP contribution < -0.4 is 9.64 Å². The van der Waals surface area contributed by atoms with Crippen LogP contribution in [0.1, 0.15) is 53.9 Å². The highest BCUT2D eigenvalue weighted by Crippen LogP contribution is 2.45. The fourth-order valence-electron chi connectivity index (χ4n) is 5.16. The van der Waals surface area contributed by atoms with Gasteiger partial charge >= 0.3 is 0 Å². The van der Waals surface area contributed by atoms with Gasteiger partial charge in [0.2, 0.25) is 5.91 Å². The van der Waals surface area contributed by atoms with Gasteiger partial charge in [0.15, 0.2) is 5.82 Å². The highest BCUT2D eigenvalue weighted by Gasteiger charge is 2.42. The summed E-state index contributed by atoms with van der Waals surface area (Å²) in [6.07, 6.45) is 0.0201. The minimum atomic E-state index is -0.638. The van der Waals surface area contributed by atoms with E-state index in [1.807, 2.05) is 48.0 Å². The molecule has 0 bridgehead atoms. The SMILES string of the molecule is COc1ccccc1-n1nc2c(c1C(C)C)[C@@H](c1ccc(Cl)cc1C)N(c1cccc(Cl)c1F)C(=O)C2. The Labute approximate surface area is 225 Å². The molecule has 1 aromatic heterocycles. The van der Waals surface area contributed by atoms with Gasteiger partial charge in [-0.25, -0.2) is 9.07 Å². The van der Waals surface area contributed by atoms with Gasteiger partial charge in [-0.1, -0.05) is 61.3 Å². The Kier molecular flexibility index (Phi) is 6.73. The normalized spacial score (nSPS) is 15.3. The highest BCUT2D eigenvalue weighted by molar-refractivity contribution is 6.31. The Bertz CT molecular complexity index is 1520. The second-order valence-electron chi connectivity index (χ2n) is 9.40. The van der Waals surface area contributed by atoms with E-state index in [0.29, 0.717) is 16.5 Å². The van der Waals surface area contributed by atoms with E-state index in [-0.39, 0.29) is 29.0 Å². The number of hydrogen-bond donors (Lipinski definition) is 0. The number of aryl methyl sites for hydroxylation is 1. The number of fused-ring (bicyclic) bond motifs is 1. The average molecular weight is 538 g/mol. The van der Waals surface area contributed by atoms with Crippen molar-refractivity contribution >= 4 is 34.8 Å². The van der Waals surface area contributed by atoms with Gasteiger partial charge in [0.25, 0.3) is 0 Å². The third-order valence-electron chi connectivity index (χ3n) is 6.73. The van der Waals surface area contributed by atoms with Crippen molar-refractivity contribution in [2.75, 3.05) is 12.0 Å². The maximum atomic E-state index is 15.4. The Balaban J connectivity index is 1.85. The molecular formula is C29H26Cl2FN3O2. The maximum absolute atomic E-state index is 15.4. The van der Waals surface area contributed by atoms with Gasteiger partial charge < -0.3 is 4.74 Å². The smallest absolute Gasteiger partial charge is 0.234 e. The Morgan fingerprint density at radius 2 is 1.78 bits per heavy atom. The summed E-state index contributed by atoms with van der Waals surface area (Å²) in [6.45, 7) is 6.09. The topological polar surface area (TPSA) is 47.4 Å². The molecule has 5 rings (SSSR count). The van der Waals surface area contributed by atoms with Gasteiger partial charge in [0.1, 0.15) is 11.4 Å². The monoisotopic (exact) mass is 537 g/mol. The largest absolute Gasteiger partial charge is 0.494 e. The van der Waals surface area contributed by atoms with Crippen molar-refractivity contribution < 1.29 is 13.9 Å². The van der Waals surface area contributed by atoms with Crippen molar-refractivity contribution in [2.45, 2.75) is 39.2 Å². The molecule has 0 saturated carbocycles. The summed E-state index contributed by atoms with van der Waals surface area (Å²) >= 11 is 12.5. The maximum Gasteiger partial charge on any atom is 0.234 e. The van der Waals surface area contributed by atoms with E-state index in [4.69, 9.17) is 33.0 Å². The Morgan fingerprint density at radius 1 is 1.05 bits per heavy atom. The molecule has 5 nitrogen and oxygen atoms in total. The molecule has 0 fully saturated rings. The number of carbonyl (C=O) groups excluding carboxylic acids is 1. The predicted molar refractivity (Wildman–Crippen MR) is 145 cm³/mol. The number of para-hydroxylation sites is 2. The predicted octanol–water partition coefficient (Wildman–Crippen LogP) is 7.44. The lowest BCUT2D eigenvalue weighted by molar-refractivity contribution is -0.118. The number of anilines is 1. The molecule has 3 aromatic carbocycles. The minimum absolute atomic E-state index is 0.0201. The molecule has 1 amide bonds. The van der Waals surface area contributed by atoms with Crippen LogP contribution in [0.5, 0.6) is 5.75 Å². The summed E-state index contributed by atoms with van der Waals surface area (Å²) in [4.78, 5) is 15.3. The number of aromatic nitrogens is 2. The first-order valence-corrected chi connectivity index (χ1v) is 12.8. The molecule has 0 spiro atoms. The zero-order valence-electron chi connectivity index (χ0n) is 20.9. The van der Waals surface area contributed by atoms with Gasteiger partial charge in [-0.3, -0.25) is 9.69 Å². The average Bonchev–Trinajstić information content (AvgIpc) is 3.24. The lowest BCUT2D eigenvalue weighted by Gasteiger charge is -2.37. The van der Waals surface area contributed by atoms with Gasteiger partial charge in [-0.05, 0) is 60.4 Å². The lowest BCUT2D eigenvalue weighted by Crippen LogP contribution is -2.42. The fraction of sp³-hybridized carbons (Fsp3) is 0.241. The molecule has 0 radical (unpaired) electrons. The molecule has 0 aliphatic carbocycles. The number of halogens is 3. The third kappa shape index (κ3) is 4.28. The van der Waals surface area contributed by atoms with E-state index in [1.165, 1.54) is 11.0 Å². The molecule has 4 aromatic rings. The number of ether oxygens (including phenoxy) is 1. The molecule has 1 atom stereocenters. The second kappa shape index (κ2) is 9.84. The molecule has 0 N–H and O–H groups in total. The van der Waals surface area contributed by atoms with Crippen molar-refractivity contribution in [3.63, 3.8) is 0 Å². The summed E-state index contributed by atoms with van der Waals surface area (Å²) < 4.78 is 22.9. The summed E-state index contributed by atoms with van der Waals surface area (Å²) in [5, 5.41) is 5.47. The van der Waals surface area contributed by atoms with Crippen LogP contribution in [-0.4, -0.2) is 22.8 Å². The van der Waals surface area contributed by atoms with Gasteiger partial charge in [-0.2, -0.15) is 5.10 Å². The molecular weight excluding hydrogens is 512 g/mol. The molecule has 37 heavy (non-hydrogen) atoms. The van der Waals surface area contributed by atoms with Crippen molar-refractivity contribution in [3.05, 3.63) is 105 Å². The second-order valence-corrected chi connectivity index (χ2v) is 10.2. The first kappa shape index (κ1) is 25.3. The lowest BCUT2D eigenvalue weighted by atomic mass is 9.85. The van der Waals surface area contributed by atoms with Crippen molar-refractivity contribution in [3.8, 4) is 11.4 Å². The Morgan fingerprint density at radius 3 is 2.49 bits per heavy atom. The zero-order chi connectivity index (χ0) is 26.4. The van der Waals surface area contributed by atoms with Crippen LogP contribution in [0.4, 0.5) is 10.1 Å². The summed E-state index contributed by atoms with van der Waals surface area (Å²) in [7, 11) is 1.62. The van der Waals surface area contributed by atoms with E-state index >= 15 is 4.39 Å². The minimum Gasteiger partial charge on any atom is -0.494 e. The zero-order valence-corrected chi connectivity index (χ0v) is 22.4. The van der Waals surface area contributed by atoms with Crippen LogP contribution in [0.3, 0.4) is 0 Å². The molecule has 1 aliphatic rings. The van der Waals surface area contributed by atoms with Crippen LogP contribution in [0, 0.1) is 12.7 Å². The first-order chi connectivity index (χ1) is 17.7. The summed E-state index contributed by atoms with van der Waals surface area (Å²) in [5.41, 5.74) is 5.04. The third-order valence-corrected chi connectivity index (χ3v) is 7.26. The molecule has 2 heterocycles. The van der Waals surface area contributed by atoms with Crippen LogP contribution in [-0.2, 0) is 11.2 Å².